The van der Waals surface area contributed by atoms with Crippen LogP contribution in [0.4, 0.5) is 5.69 Å². The zero-order valence-corrected chi connectivity index (χ0v) is 22.2. The molecule has 1 N–H and O–H groups in total. The molecule has 3 aromatic rings. The number of thioether (sulfide) groups is 1. The average Bonchev–Trinajstić information content (AvgIpc) is 3.24. The van der Waals surface area contributed by atoms with Crippen LogP contribution in [0.2, 0.25) is 0 Å². The van der Waals surface area contributed by atoms with E-state index >= 15 is 0 Å². The van der Waals surface area contributed by atoms with Crippen molar-refractivity contribution in [1.29, 1.82) is 0 Å². The molecule has 4 nitrogen and oxygen atoms in total. The van der Waals surface area contributed by atoms with E-state index in [1.807, 2.05) is 32.1 Å². The number of aliphatic imine (C=N–C) groups is 1. The Labute approximate surface area is 208 Å². The lowest BCUT2D eigenvalue weighted by Gasteiger charge is -2.12. The van der Waals surface area contributed by atoms with Crippen molar-refractivity contribution in [3.05, 3.63) is 85.5 Å². The molecule has 0 radical (unpaired) electrons. The van der Waals surface area contributed by atoms with Crippen LogP contribution in [0.1, 0.15) is 53.4 Å². The van der Waals surface area contributed by atoms with Gasteiger partial charge in [0.2, 0.25) is 0 Å². The first kappa shape index (κ1) is 23.6. The van der Waals surface area contributed by atoms with Crippen molar-refractivity contribution < 1.29 is 4.79 Å². The van der Waals surface area contributed by atoms with Crippen LogP contribution in [0, 0.1) is 27.7 Å². The minimum absolute atomic E-state index is 0.115. The maximum Gasteiger partial charge on any atom is 0.264 e. The zero-order chi connectivity index (χ0) is 23.9. The van der Waals surface area contributed by atoms with Gasteiger partial charge in [-0.25, -0.2) is 4.99 Å². The molecule has 0 saturated carbocycles. The maximum absolute atomic E-state index is 12.6. The summed E-state index contributed by atoms with van der Waals surface area (Å²) < 4.78 is 3.32. The number of amides is 1. The van der Waals surface area contributed by atoms with E-state index in [0.29, 0.717) is 16.0 Å². The van der Waals surface area contributed by atoms with Crippen LogP contribution in [-0.2, 0) is 4.79 Å². The molecule has 1 aliphatic rings. The van der Waals surface area contributed by atoms with Crippen molar-refractivity contribution in [1.82, 2.24) is 9.88 Å². The van der Waals surface area contributed by atoms with Crippen LogP contribution in [-0.4, -0.2) is 15.6 Å². The van der Waals surface area contributed by atoms with Gasteiger partial charge in [-0.2, -0.15) is 0 Å². The summed E-state index contributed by atoms with van der Waals surface area (Å²) in [7, 11) is 0. The van der Waals surface area contributed by atoms with Crippen molar-refractivity contribution >= 4 is 50.5 Å². The third kappa shape index (κ3) is 4.87. The Morgan fingerprint density at radius 2 is 1.67 bits per heavy atom. The van der Waals surface area contributed by atoms with Gasteiger partial charge >= 0.3 is 0 Å². The summed E-state index contributed by atoms with van der Waals surface area (Å²) in [4.78, 5) is 18.0. The second-order valence-electron chi connectivity index (χ2n) is 8.78. The van der Waals surface area contributed by atoms with E-state index < -0.39 is 0 Å². The highest BCUT2D eigenvalue weighted by Crippen LogP contribution is 2.32. The molecular weight excluding hydrogens is 494 g/mol. The third-order valence-corrected chi connectivity index (χ3v) is 8.04. The quantitative estimate of drug-likeness (QED) is 0.361. The molecule has 1 aliphatic heterocycles. The fraction of sp³-hybridized carbons (Fsp3) is 0.259. The van der Waals surface area contributed by atoms with Crippen LogP contribution in [0.3, 0.4) is 0 Å². The predicted molar refractivity (Wildman–Crippen MR) is 144 cm³/mol. The summed E-state index contributed by atoms with van der Waals surface area (Å²) in [6.07, 6.45) is 1.96. The second kappa shape index (κ2) is 9.35. The summed E-state index contributed by atoms with van der Waals surface area (Å²) in [5.41, 5.74) is 8.80. The van der Waals surface area contributed by atoms with E-state index in [-0.39, 0.29) is 5.91 Å². The van der Waals surface area contributed by atoms with Gasteiger partial charge in [0.1, 0.15) is 0 Å². The van der Waals surface area contributed by atoms with Gasteiger partial charge in [0, 0.05) is 21.5 Å². The van der Waals surface area contributed by atoms with Crippen LogP contribution in [0.5, 0.6) is 0 Å². The standard InChI is InChI=1S/C27H28BrN3OS/c1-15(2)20-7-9-23(10-8-20)31-18(5)13-21(19(31)6)14-24-26(32)30-27(33-24)29-22-11-16(3)25(28)17(4)12-22/h7-15H,1-6H3,(H,29,30,32)/b24-14-. The molecule has 1 fully saturated rings. The number of aryl methyl sites for hydroxylation is 3. The fourth-order valence-electron chi connectivity index (χ4n) is 4.07. The number of nitrogens with zero attached hydrogens (tertiary/aromatic N) is 2. The topological polar surface area (TPSA) is 46.4 Å². The summed E-state index contributed by atoms with van der Waals surface area (Å²) >= 11 is 4.97. The van der Waals surface area contributed by atoms with E-state index in [9.17, 15) is 4.79 Å². The first-order chi connectivity index (χ1) is 15.6. The molecular formula is C27H28BrN3OS. The molecule has 0 aliphatic carbocycles. The first-order valence-corrected chi connectivity index (χ1v) is 12.6. The number of amidine groups is 1. The van der Waals surface area contributed by atoms with E-state index in [2.05, 4.69) is 88.8 Å². The van der Waals surface area contributed by atoms with Gasteiger partial charge in [-0.05, 0) is 104 Å². The van der Waals surface area contributed by atoms with Crippen molar-refractivity contribution in [2.24, 2.45) is 4.99 Å². The van der Waals surface area contributed by atoms with Crippen molar-refractivity contribution in [2.75, 3.05) is 0 Å². The van der Waals surface area contributed by atoms with Gasteiger partial charge in [0.25, 0.3) is 5.91 Å². The fourth-order valence-corrected chi connectivity index (χ4v) is 5.13. The molecule has 0 bridgehead atoms. The molecule has 1 aromatic heterocycles. The molecule has 1 saturated heterocycles. The Kier molecular flexibility index (Phi) is 6.68. The summed E-state index contributed by atoms with van der Waals surface area (Å²) in [5.74, 6) is 0.389. The summed E-state index contributed by atoms with van der Waals surface area (Å²) in [6.45, 7) is 12.7. The Balaban J connectivity index is 1.62. The van der Waals surface area contributed by atoms with E-state index in [1.54, 1.807) is 0 Å². The monoisotopic (exact) mass is 521 g/mol. The Bertz CT molecular complexity index is 1280. The van der Waals surface area contributed by atoms with Gasteiger partial charge in [-0.1, -0.05) is 41.9 Å². The minimum Gasteiger partial charge on any atom is -0.318 e. The van der Waals surface area contributed by atoms with Crippen LogP contribution < -0.4 is 5.32 Å². The predicted octanol–water partition coefficient (Wildman–Crippen LogP) is 7.49. The van der Waals surface area contributed by atoms with Crippen molar-refractivity contribution in [3.8, 4) is 5.69 Å². The number of rotatable bonds is 4. The lowest BCUT2D eigenvalue weighted by atomic mass is 10.0. The van der Waals surface area contributed by atoms with Gasteiger partial charge in [-0.15, -0.1) is 0 Å². The number of nitrogens with one attached hydrogen (secondary N) is 1. The Morgan fingerprint density at radius 3 is 2.27 bits per heavy atom. The number of hydrogen-bond donors (Lipinski definition) is 1. The average molecular weight is 523 g/mol. The lowest BCUT2D eigenvalue weighted by molar-refractivity contribution is -0.115. The zero-order valence-electron chi connectivity index (χ0n) is 19.8. The highest BCUT2D eigenvalue weighted by Gasteiger charge is 2.25. The Morgan fingerprint density at radius 1 is 1.03 bits per heavy atom. The number of halogens is 1. The highest BCUT2D eigenvalue weighted by atomic mass is 79.9. The largest absolute Gasteiger partial charge is 0.318 e. The maximum atomic E-state index is 12.6. The molecule has 0 atom stereocenters. The van der Waals surface area contributed by atoms with E-state index in [4.69, 9.17) is 0 Å². The summed E-state index contributed by atoms with van der Waals surface area (Å²) in [5, 5.41) is 3.51. The van der Waals surface area contributed by atoms with Gasteiger partial charge in [0.15, 0.2) is 5.17 Å². The molecule has 0 unspecified atom stereocenters. The van der Waals surface area contributed by atoms with E-state index in [0.717, 1.165) is 43.9 Å². The number of aromatic nitrogens is 1. The molecule has 4 rings (SSSR count). The number of hydrogen-bond acceptors (Lipinski definition) is 3. The van der Waals surface area contributed by atoms with Crippen LogP contribution in [0.15, 0.2) is 56.8 Å². The number of benzene rings is 2. The summed E-state index contributed by atoms with van der Waals surface area (Å²) in [6, 6.07) is 14.8. The van der Waals surface area contributed by atoms with Gasteiger partial charge in [0.05, 0.1) is 10.6 Å². The highest BCUT2D eigenvalue weighted by molar-refractivity contribution is 9.10. The van der Waals surface area contributed by atoms with Crippen LogP contribution >= 0.6 is 27.7 Å². The third-order valence-electron chi connectivity index (χ3n) is 5.88. The molecule has 2 aromatic carbocycles. The molecule has 6 heteroatoms. The van der Waals surface area contributed by atoms with Crippen LogP contribution in [0.25, 0.3) is 11.8 Å². The lowest BCUT2D eigenvalue weighted by Crippen LogP contribution is -2.19. The van der Waals surface area contributed by atoms with Crippen molar-refractivity contribution in [3.63, 3.8) is 0 Å². The smallest absolute Gasteiger partial charge is 0.264 e. The first-order valence-electron chi connectivity index (χ1n) is 11.0. The SMILES string of the molecule is Cc1cc(N=C2NC(=O)/C(=C/c3cc(C)n(-c4ccc(C(C)C)cc4)c3C)S2)cc(C)c1Br. The molecule has 2 heterocycles. The number of carbonyl (C=O) groups is 1. The molecule has 1 amide bonds. The Hall–Kier alpha value is -2.57. The van der Waals surface area contributed by atoms with Gasteiger partial charge < -0.3 is 9.88 Å². The normalized spacial score (nSPS) is 16.3. The molecule has 0 spiro atoms. The van der Waals surface area contributed by atoms with Crippen molar-refractivity contribution in [2.45, 2.75) is 47.5 Å². The molecule has 33 heavy (non-hydrogen) atoms. The second-order valence-corrected chi connectivity index (χ2v) is 10.6. The number of carbonyl (C=O) groups excluding carboxylic acids is 1. The molecule has 170 valence electrons. The van der Waals surface area contributed by atoms with E-state index in [1.165, 1.54) is 17.3 Å². The van der Waals surface area contributed by atoms with Gasteiger partial charge in [-0.3, -0.25) is 4.79 Å². The minimum atomic E-state index is -0.115.